The van der Waals surface area contributed by atoms with E-state index >= 15 is 0 Å². The molecular formula is C3H3LiN2. The van der Waals surface area contributed by atoms with Crippen LogP contribution in [0.15, 0.2) is 0 Å². The van der Waals surface area contributed by atoms with Crippen LogP contribution < -0.4 is 18.9 Å². The summed E-state index contributed by atoms with van der Waals surface area (Å²) in [5, 5.41) is 13.6. The van der Waals surface area contributed by atoms with Crippen molar-refractivity contribution in [2.75, 3.05) is 0 Å². The molecule has 0 aliphatic carbocycles. The Hall–Kier alpha value is -0.423. The van der Waals surface area contributed by atoms with Crippen molar-refractivity contribution in [2.45, 2.75) is 6.92 Å². The molecule has 0 fully saturated rings. The Bertz CT molecular complexity index is 51.5. The summed E-state index contributed by atoms with van der Waals surface area (Å²) in [6.45, 7) is 6.18. The van der Waals surface area contributed by atoms with Gasteiger partial charge in [0.2, 0.25) is 0 Å². The summed E-state index contributed by atoms with van der Waals surface area (Å²) < 4.78 is 0. The van der Waals surface area contributed by atoms with Gasteiger partial charge in [-0.15, -0.1) is 0 Å². The molecule has 0 unspecified atom stereocenters. The first-order chi connectivity index (χ1) is 2.41. The SMILES string of the molecule is CC#N.[C-]#N.[Li+]. The number of hydrogen-bond donors (Lipinski definition) is 0. The minimum Gasteiger partial charge on any atom is -0.512 e. The normalized spacial score (nSPS) is 1.67. The molecule has 3 heteroatoms. The largest absolute Gasteiger partial charge is 1.00 e. The van der Waals surface area contributed by atoms with Gasteiger partial charge in [0, 0.05) is 6.92 Å². The van der Waals surface area contributed by atoms with Gasteiger partial charge < -0.3 is 11.8 Å². The molecule has 0 saturated heterocycles. The fourth-order valence-corrected chi connectivity index (χ4v) is 0. The van der Waals surface area contributed by atoms with Gasteiger partial charge in [0.05, 0.1) is 6.07 Å². The topological polar surface area (TPSA) is 47.6 Å². The van der Waals surface area contributed by atoms with Crippen LogP contribution in [-0.4, -0.2) is 0 Å². The van der Waals surface area contributed by atoms with Crippen molar-refractivity contribution in [3.63, 3.8) is 0 Å². The monoisotopic (exact) mass is 74.0 g/mol. The van der Waals surface area contributed by atoms with Gasteiger partial charge in [-0.1, -0.05) is 0 Å². The molecule has 0 aromatic rings. The minimum absolute atomic E-state index is 0. The number of hydrogen-bond acceptors (Lipinski definition) is 2. The predicted octanol–water partition coefficient (Wildman–Crippen LogP) is -2.37. The Labute approximate surface area is 49.6 Å². The van der Waals surface area contributed by atoms with Crippen LogP contribution in [0.25, 0.3) is 0 Å². The Balaban J connectivity index is -0.0000000275. The van der Waals surface area contributed by atoms with Gasteiger partial charge in [-0.25, -0.2) is 0 Å². The van der Waals surface area contributed by atoms with Crippen LogP contribution in [0.3, 0.4) is 0 Å². The standard InChI is InChI=1S/C2H3N.CN.Li/c1-2-3;1-2;/h1H3;;/q;-1;+1. The van der Waals surface area contributed by atoms with E-state index in [1.165, 1.54) is 6.92 Å². The maximum atomic E-state index is 7.32. The maximum absolute atomic E-state index is 7.32. The summed E-state index contributed by atoms with van der Waals surface area (Å²) in [7, 11) is 0. The zero-order valence-corrected chi connectivity index (χ0v) is 3.89. The Kier molecular flexibility index (Phi) is 515. The number of nitriles is 1. The summed E-state index contributed by atoms with van der Waals surface area (Å²) in [6.07, 6.45) is 0. The second-order valence-corrected chi connectivity index (χ2v) is 0.224. The first kappa shape index (κ1) is 17.6. The first-order valence-corrected chi connectivity index (χ1v) is 0.947. The van der Waals surface area contributed by atoms with Gasteiger partial charge in [0.25, 0.3) is 0 Å². The van der Waals surface area contributed by atoms with E-state index in [4.69, 9.17) is 17.1 Å². The predicted molar refractivity (Wildman–Crippen MR) is 16.3 cm³/mol. The summed E-state index contributed by atoms with van der Waals surface area (Å²) in [6, 6.07) is 1.75. The van der Waals surface area contributed by atoms with Crippen molar-refractivity contribution < 1.29 is 18.9 Å². The first-order valence-electron chi connectivity index (χ1n) is 0.947. The van der Waals surface area contributed by atoms with Gasteiger partial charge in [0.15, 0.2) is 0 Å². The Morgan fingerprint density at radius 2 is 1.50 bits per heavy atom. The molecule has 0 N–H and O–H groups in total. The van der Waals surface area contributed by atoms with E-state index in [1.54, 1.807) is 6.07 Å². The van der Waals surface area contributed by atoms with Crippen molar-refractivity contribution >= 4 is 0 Å². The molecule has 0 bridgehead atoms. The Morgan fingerprint density at radius 1 is 1.50 bits per heavy atom. The molecule has 0 amide bonds. The van der Waals surface area contributed by atoms with Gasteiger partial charge in [-0.2, -0.15) is 5.26 Å². The van der Waals surface area contributed by atoms with Gasteiger partial charge >= 0.3 is 18.9 Å². The zero-order chi connectivity index (χ0) is 4.71. The van der Waals surface area contributed by atoms with Crippen LogP contribution in [0.4, 0.5) is 0 Å². The van der Waals surface area contributed by atoms with Crippen molar-refractivity contribution in [3.05, 3.63) is 6.57 Å². The molecule has 0 aliphatic heterocycles. The Morgan fingerprint density at radius 3 is 1.50 bits per heavy atom. The number of nitrogens with zero attached hydrogens (tertiary/aromatic N) is 2. The molecule has 0 radical (unpaired) electrons. The third kappa shape index (κ3) is 133. The van der Waals surface area contributed by atoms with Crippen molar-refractivity contribution in [2.24, 2.45) is 0 Å². The second-order valence-electron chi connectivity index (χ2n) is 0.224. The zero-order valence-electron chi connectivity index (χ0n) is 3.89. The van der Waals surface area contributed by atoms with E-state index in [1.807, 2.05) is 0 Å². The fraction of sp³-hybridized carbons (Fsp3) is 0.333. The van der Waals surface area contributed by atoms with E-state index in [2.05, 4.69) is 0 Å². The average molecular weight is 74.0 g/mol. The molecule has 0 saturated carbocycles. The summed E-state index contributed by atoms with van der Waals surface area (Å²) in [5.41, 5.74) is 0. The molecule has 0 aromatic heterocycles. The molecule has 0 aliphatic rings. The van der Waals surface area contributed by atoms with Gasteiger partial charge in [-0.3, -0.25) is 0 Å². The van der Waals surface area contributed by atoms with E-state index in [-0.39, 0.29) is 18.9 Å². The number of rotatable bonds is 0. The van der Waals surface area contributed by atoms with E-state index in [9.17, 15) is 0 Å². The molecular weight excluding hydrogens is 71.0 g/mol. The smallest absolute Gasteiger partial charge is 0.512 e. The van der Waals surface area contributed by atoms with Crippen LogP contribution in [-0.2, 0) is 0 Å². The minimum atomic E-state index is 0. The average Bonchev–Trinajstić information content (AvgIpc) is 1.46. The van der Waals surface area contributed by atoms with Crippen LogP contribution >= 0.6 is 0 Å². The molecule has 6 heavy (non-hydrogen) atoms. The van der Waals surface area contributed by atoms with E-state index < -0.39 is 0 Å². The third-order valence-corrected chi connectivity index (χ3v) is 0. The molecule has 2 nitrogen and oxygen atoms in total. The van der Waals surface area contributed by atoms with Crippen LogP contribution in [0.2, 0.25) is 0 Å². The van der Waals surface area contributed by atoms with Crippen molar-refractivity contribution in [1.29, 1.82) is 10.5 Å². The molecule has 26 valence electrons. The molecule has 0 spiro atoms. The van der Waals surface area contributed by atoms with E-state index in [0.29, 0.717) is 0 Å². The summed E-state index contributed by atoms with van der Waals surface area (Å²) in [4.78, 5) is 0. The molecule has 0 heterocycles. The van der Waals surface area contributed by atoms with Crippen LogP contribution in [0, 0.1) is 23.2 Å². The fourth-order valence-electron chi connectivity index (χ4n) is 0. The van der Waals surface area contributed by atoms with Crippen LogP contribution in [0.5, 0.6) is 0 Å². The van der Waals surface area contributed by atoms with Gasteiger partial charge in [-0.05, 0) is 0 Å². The maximum Gasteiger partial charge on any atom is 1.00 e. The summed E-state index contributed by atoms with van der Waals surface area (Å²) in [5.74, 6) is 0. The molecule has 0 rings (SSSR count). The van der Waals surface area contributed by atoms with Crippen molar-refractivity contribution in [3.8, 4) is 6.07 Å². The molecule has 0 atom stereocenters. The van der Waals surface area contributed by atoms with E-state index in [0.717, 1.165) is 0 Å². The van der Waals surface area contributed by atoms with Crippen LogP contribution in [0.1, 0.15) is 6.92 Å². The quantitative estimate of drug-likeness (QED) is 0.238. The molecule has 0 aromatic carbocycles. The van der Waals surface area contributed by atoms with Crippen molar-refractivity contribution in [1.82, 2.24) is 0 Å². The second kappa shape index (κ2) is 176. The third-order valence-electron chi connectivity index (χ3n) is 0. The summed E-state index contributed by atoms with van der Waals surface area (Å²) >= 11 is 0. The van der Waals surface area contributed by atoms with Gasteiger partial charge in [0.1, 0.15) is 0 Å².